The number of nitrogens with one attached hydrogen (secondary N) is 2. The van der Waals surface area contributed by atoms with E-state index in [-0.39, 0.29) is 36.1 Å². The van der Waals surface area contributed by atoms with Gasteiger partial charge in [-0.2, -0.15) is 0 Å². The number of halogens is 2. The lowest BCUT2D eigenvalue weighted by Gasteiger charge is -2.11. The van der Waals surface area contributed by atoms with Crippen LogP contribution in [0.2, 0.25) is 5.02 Å². The minimum Gasteiger partial charge on any atom is -0.406 e. The van der Waals surface area contributed by atoms with Crippen LogP contribution < -0.4 is 10.5 Å². The van der Waals surface area contributed by atoms with Crippen LogP contribution in [0, 0.1) is 0 Å². The average Bonchev–Trinajstić information content (AvgIpc) is 2.86. The van der Waals surface area contributed by atoms with Crippen LogP contribution in [-0.4, -0.2) is 28.1 Å². The minimum absolute atomic E-state index is 0.0511. The monoisotopic (exact) mass is 480 g/mol. The lowest BCUT2D eigenvalue weighted by molar-refractivity contribution is 0.554. The number of sulfone groups is 1. The second kappa shape index (κ2) is 6.41. The van der Waals surface area contributed by atoms with Crippen molar-refractivity contribution in [3.8, 4) is 0 Å². The van der Waals surface area contributed by atoms with Crippen molar-refractivity contribution in [2.75, 3.05) is 11.0 Å². The van der Waals surface area contributed by atoms with Gasteiger partial charge in [0.15, 0.2) is 15.4 Å². The number of aromatic amines is 1. The lowest BCUT2D eigenvalue weighted by Crippen LogP contribution is -2.14. The quantitative estimate of drug-likeness (QED) is 0.590. The molecule has 0 spiro atoms. The summed E-state index contributed by atoms with van der Waals surface area (Å²) >= 11 is 9.23. The minimum atomic E-state index is -4.16. The van der Waals surface area contributed by atoms with Gasteiger partial charge in [0.25, 0.3) is 10.0 Å². The molecule has 2 aromatic carbocycles. The highest BCUT2D eigenvalue weighted by molar-refractivity contribution is 9.10. The second-order valence-electron chi connectivity index (χ2n) is 5.29. The van der Waals surface area contributed by atoms with E-state index in [2.05, 4.69) is 25.6 Å². The molecule has 0 unspecified atom stereocenters. The first-order valence-corrected chi connectivity index (χ1v) is 11.4. The van der Waals surface area contributed by atoms with E-state index < -0.39 is 25.6 Å². The Morgan fingerprint density at radius 1 is 1.15 bits per heavy atom. The van der Waals surface area contributed by atoms with E-state index in [9.17, 15) is 21.6 Å². The Balaban J connectivity index is 2.06. The standard InChI is InChI=1S/C14H10BrClN2O6S2/c1-25(20,21)8-4-2-7(3-5-8)18-26(22,23)13-9(15)6-10-12(11(13)16)24-14(19)17-10/h2-6,18H,1H3,(H,17,19). The number of hydrogen-bond donors (Lipinski definition) is 2. The van der Waals surface area contributed by atoms with Gasteiger partial charge in [-0.05, 0) is 46.3 Å². The fraction of sp³-hybridized carbons (Fsp3) is 0.0714. The maximum Gasteiger partial charge on any atom is 0.417 e. The predicted octanol–water partition coefficient (Wildman–Crippen LogP) is 2.74. The highest BCUT2D eigenvalue weighted by Gasteiger charge is 2.26. The van der Waals surface area contributed by atoms with Crippen LogP contribution in [-0.2, 0) is 19.9 Å². The number of rotatable bonds is 4. The third kappa shape index (κ3) is 3.52. The molecule has 0 saturated carbocycles. The van der Waals surface area contributed by atoms with Crippen LogP contribution in [0.4, 0.5) is 5.69 Å². The van der Waals surface area contributed by atoms with Crippen molar-refractivity contribution < 1.29 is 21.3 Å². The van der Waals surface area contributed by atoms with E-state index >= 15 is 0 Å². The Kier molecular flexibility index (Phi) is 4.67. The Morgan fingerprint density at radius 3 is 2.35 bits per heavy atom. The maximum absolute atomic E-state index is 12.7. The van der Waals surface area contributed by atoms with Gasteiger partial charge in [-0.3, -0.25) is 9.71 Å². The van der Waals surface area contributed by atoms with Crippen LogP contribution in [0.25, 0.3) is 11.1 Å². The summed E-state index contributed by atoms with van der Waals surface area (Å²) < 4.78 is 55.6. The number of anilines is 1. The van der Waals surface area contributed by atoms with Crippen molar-refractivity contribution in [2.24, 2.45) is 0 Å². The van der Waals surface area contributed by atoms with E-state index in [0.29, 0.717) is 0 Å². The summed E-state index contributed by atoms with van der Waals surface area (Å²) in [6.07, 6.45) is 1.04. The summed E-state index contributed by atoms with van der Waals surface area (Å²) in [5, 5.41) is -0.270. The van der Waals surface area contributed by atoms with Crippen LogP contribution in [0.1, 0.15) is 0 Å². The fourth-order valence-corrected chi connectivity index (χ4v) is 5.78. The van der Waals surface area contributed by atoms with Crippen molar-refractivity contribution in [3.05, 3.63) is 50.4 Å². The van der Waals surface area contributed by atoms with Crippen molar-refractivity contribution in [2.45, 2.75) is 9.79 Å². The molecule has 12 heteroatoms. The first-order valence-electron chi connectivity index (χ1n) is 6.83. The maximum atomic E-state index is 12.7. The van der Waals surface area contributed by atoms with E-state index in [0.717, 1.165) is 6.26 Å². The van der Waals surface area contributed by atoms with Crippen LogP contribution in [0.5, 0.6) is 0 Å². The molecule has 0 amide bonds. The largest absolute Gasteiger partial charge is 0.417 e. The Labute approximate surface area is 161 Å². The average molecular weight is 482 g/mol. The van der Waals surface area contributed by atoms with Gasteiger partial charge >= 0.3 is 5.76 Å². The molecule has 3 rings (SSSR count). The Morgan fingerprint density at radius 2 is 1.77 bits per heavy atom. The molecule has 0 atom stereocenters. The molecule has 26 heavy (non-hydrogen) atoms. The number of sulfonamides is 1. The summed E-state index contributed by atoms with van der Waals surface area (Å²) in [6, 6.07) is 6.53. The van der Waals surface area contributed by atoms with Gasteiger partial charge in [0.2, 0.25) is 0 Å². The fourth-order valence-electron chi connectivity index (χ4n) is 2.23. The van der Waals surface area contributed by atoms with Crippen molar-refractivity contribution >= 4 is 64.2 Å². The van der Waals surface area contributed by atoms with Gasteiger partial charge in [0.1, 0.15) is 9.92 Å². The van der Waals surface area contributed by atoms with Gasteiger partial charge in [-0.1, -0.05) is 11.6 Å². The number of aromatic nitrogens is 1. The molecule has 0 aliphatic rings. The third-order valence-electron chi connectivity index (χ3n) is 3.37. The zero-order valence-corrected chi connectivity index (χ0v) is 16.9. The zero-order valence-electron chi connectivity index (χ0n) is 12.9. The SMILES string of the molecule is CS(=O)(=O)c1ccc(NS(=O)(=O)c2c(Br)cc3[nH]c(=O)oc3c2Cl)cc1. The third-order valence-corrected chi connectivity index (χ3v) is 7.32. The molecule has 0 radical (unpaired) electrons. The Bertz CT molecular complexity index is 1280. The van der Waals surface area contributed by atoms with E-state index in [1.165, 1.54) is 30.3 Å². The molecule has 1 heterocycles. The second-order valence-corrected chi connectivity index (χ2v) is 10.2. The zero-order chi connectivity index (χ0) is 19.3. The summed E-state index contributed by atoms with van der Waals surface area (Å²) in [5.74, 6) is -0.771. The predicted molar refractivity (Wildman–Crippen MR) is 99.9 cm³/mol. The molecular formula is C14H10BrClN2O6S2. The lowest BCUT2D eigenvalue weighted by atomic mass is 10.3. The van der Waals surface area contributed by atoms with Crippen LogP contribution in [0.15, 0.2) is 53.8 Å². The van der Waals surface area contributed by atoms with E-state index in [1.807, 2.05) is 0 Å². The molecule has 0 saturated heterocycles. The van der Waals surface area contributed by atoms with E-state index in [1.54, 1.807) is 0 Å². The van der Waals surface area contributed by atoms with Crippen molar-refractivity contribution in [1.82, 2.24) is 4.98 Å². The molecule has 138 valence electrons. The van der Waals surface area contributed by atoms with Crippen LogP contribution >= 0.6 is 27.5 Å². The van der Waals surface area contributed by atoms with Gasteiger partial charge in [-0.25, -0.2) is 21.6 Å². The first kappa shape index (κ1) is 19.0. The summed E-state index contributed by atoms with van der Waals surface area (Å²) in [4.78, 5) is 13.4. The molecule has 0 bridgehead atoms. The highest BCUT2D eigenvalue weighted by atomic mass is 79.9. The molecule has 3 aromatic rings. The summed E-state index contributed by atoms with van der Waals surface area (Å²) in [6.45, 7) is 0. The number of benzene rings is 2. The Hall–Kier alpha value is -1.82. The van der Waals surface area contributed by atoms with E-state index in [4.69, 9.17) is 16.0 Å². The van der Waals surface area contributed by atoms with Gasteiger partial charge in [-0.15, -0.1) is 0 Å². The number of fused-ring (bicyclic) bond motifs is 1. The summed E-state index contributed by atoms with van der Waals surface area (Å²) in [5.41, 5.74) is 0.284. The molecule has 1 aromatic heterocycles. The molecule has 0 fully saturated rings. The molecule has 8 nitrogen and oxygen atoms in total. The van der Waals surface area contributed by atoms with Crippen molar-refractivity contribution in [3.63, 3.8) is 0 Å². The number of H-pyrrole nitrogens is 1. The topological polar surface area (TPSA) is 126 Å². The van der Waals surface area contributed by atoms with Gasteiger partial charge in [0, 0.05) is 16.4 Å². The van der Waals surface area contributed by atoms with Crippen LogP contribution in [0.3, 0.4) is 0 Å². The molecular weight excluding hydrogens is 472 g/mol. The first-order chi connectivity index (χ1) is 12.0. The number of oxazole rings is 1. The smallest absolute Gasteiger partial charge is 0.406 e. The van der Waals surface area contributed by atoms with Gasteiger partial charge in [0.05, 0.1) is 10.4 Å². The highest BCUT2D eigenvalue weighted by Crippen LogP contribution is 2.36. The van der Waals surface area contributed by atoms with Crippen molar-refractivity contribution in [1.29, 1.82) is 0 Å². The normalized spacial score (nSPS) is 12.4. The molecule has 0 aliphatic heterocycles. The number of hydrogen-bond acceptors (Lipinski definition) is 6. The van der Waals surface area contributed by atoms with Gasteiger partial charge < -0.3 is 4.42 Å². The summed E-state index contributed by atoms with van der Waals surface area (Å²) in [7, 11) is -7.56. The molecule has 2 N–H and O–H groups in total. The molecule has 0 aliphatic carbocycles.